The van der Waals surface area contributed by atoms with Crippen LogP contribution in [0.5, 0.6) is 0 Å². The first kappa shape index (κ1) is 15.7. The van der Waals surface area contributed by atoms with E-state index in [1.807, 2.05) is 0 Å². The van der Waals surface area contributed by atoms with Crippen LogP contribution < -0.4 is 10.9 Å². The summed E-state index contributed by atoms with van der Waals surface area (Å²) in [6.45, 7) is 3.62. The van der Waals surface area contributed by atoms with E-state index in [0.29, 0.717) is 24.1 Å². The molecule has 0 atom stereocenters. The first-order chi connectivity index (χ1) is 9.93. The molecule has 6 nitrogen and oxygen atoms in total. The lowest BCUT2D eigenvalue weighted by atomic mass is 9.94. The molecule has 1 amide bonds. The highest BCUT2D eigenvalue weighted by atomic mass is 16.3. The average Bonchev–Trinajstić information content (AvgIpc) is 2.67. The molecular weight excluding hydrogens is 270 g/mol. The van der Waals surface area contributed by atoms with Crippen LogP contribution in [0.25, 0.3) is 0 Å². The Hall–Kier alpha value is -1.69. The maximum absolute atomic E-state index is 12.2. The molecule has 0 spiro atoms. The van der Waals surface area contributed by atoms with E-state index in [4.69, 9.17) is 0 Å². The number of nitrogens with zero attached hydrogens (tertiary/aromatic N) is 1. The number of rotatable bonds is 3. The molecule has 1 saturated carbocycles. The molecule has 1 aromatic heterocycles. The van der Waals surface area contributed by atoms with Crippen molar-refractivity contribution in [1.82, 2.24) is 15.5 Å². The Kier molecular flexibility index (Phi) is 4.77. The zero-order chi connectivity index (χ0) is 15.5. The molecule has 0 aromatic carbocycles. The minimum Gasteiger partial charge on any atom is -0.388 e. The van der Waals surface area contributed by atoms with Crippen LogP contribution in [0.3, 0.4) is 0 Å². The second kappa shape index (κ2) is 6.39. The van der Waals surface area contributed by atoms with Crippen molar-refractivity contribution < 1.29 is 9.90 Å². The number of aliphatic hydroxyl groups is 1. The summed E-state index contributed by atoms with van der Waals surface area (Å²) in [4.78, 5) is 24.0. The van der Waals surface area contributed by atoms with Gasteiger partial charge in [-0.2, -0.15) is 5.10 Å². The molecule has 1 fully saturated rings. The standard InChI is InChI=1S/C15H23N3O3/c1-10-11(2)17-18-14(20)12(10)13(19)16-9-15(21)7-5-3-4-6-8-15/h21H,3-9H2,1-2H3,(H,16,19)(H,18,20). The summed E-state index contributed by atoms with van der Waals surface area (Å²) in [5.74, 6) is -0.447. The van der Waals surface area contributed by atoms with E-state index >= 15 is 0 Å². The first-order valence-corrected chi connectivity index (χ1v) is 7.49. The van der Waals surface area contributed by atoms with Crippen LogP contribution in [0, 0.1) is 13.8 Å². The second-order valence-electron chi connectivity index (χ2n) is 5.96. The van der Waals surface area contributed by atoms with Gasteiger partial charge in [0, 0.05) is 6.54 Å². The summed E-state index contributed by atoms with van der Waals surface area (Å²) in [7, 11) is 0. The van der Waals surface area contributed by atoms with E-state index in [2.05, 4.69) is 15.5 Å². The quantitative estimate of drug-likeness (QED) is 0.730. The van der Waals surface area contributed by atoms with Crippen molar-refractivity contribution >= 4 is 5.91 Å². The lowest BCUT2D eigenvalue weighted by molar-refractivity contribution is 0.0246. The molecule has 3 N–H and O–H groups in total. The predicted molar refractivity (Wildman–Crippen MR) is 79.3 cm³/mol. The van der Waals surface area contributed by atoms with Crippen molar-refractivity contribution in [3.8, 4) is 0 Å². The van der Waals surface area contributed by atoms with E-state index in [1.54, 1.807) is 13.8 Å². The number of H-pyrrole nitrogens is 1. The zero-order valence-electron chi connectivity index (χ0n) is 12.7. The summed E-state index contributed by atoms with van der Waals surface area (Å²) in [6, 6.07) is 0. The Balaban J connectivity index is 2.08. The number of aromatic amines is 1. The van der Waals surface area contributed by atoms with Crippen LogP contribution >= 0.6 is 0 Å². The van der Waals surface area contributed by atoms with Crippen LogP contribution in [0.1, 0.15) is 60.1 Å². The summed E-state index contributed by atoms with van der Waals surface area (Å²) < 4.78 is 0. The molecule has 1 aromatic rings. The largest absolute Gasteiger partial charge is 0.388 e. The summed E-state index contributed by atoms with van der Waals surface area (Å²) in [6.07, 6.45) is 5.58. The zero-order valence-corrected chi connectivity index (χ0v) is 12.7. The van der Waals surface area contributed by atoms with E-state index in [0.717, 1.165) is 25.7 Å². The lowest BCUT2D eigenvalue weighted by Crippen LogP contribution is -2.44. The van der Waals surface area contributed by atoms with Crippen molar-refractivity contribution in [3.05, 3.63) is 27.2 Å². The second-order valence-corrected chi connectivity index (χ2v) is 5.96. The van der Waals surface area contributed by atoms with E-state index in [1.165, 1.54) is 0 Å². The van der Waals surface area contributed by atoms with Crippen LogP contribution in [0.2, 0.25) is 0 Å². The van der Waals surface area contributed by atoms with Crippen molar-refractivity contribution in [1.29, 1.82) is 0 Å². The molecule has 2 rings (SSSR count). The van der Waals surface area contributed by atoms with E-state index in [-0.39, 0.29) is 12.1 Å². The normalized spacial score (nSPS) is 18.0. The van der Waals surface area contributed by atoms with Crippen molar-refractivity contribution in [2.75, 3.05) is 6.54 Å². The number of carbonyl (C=O) groups excluding carboxylic acids is 1. The Morgan fingerprint density at radius 2 is 1.90 bits per heavy atom. The van der Waals surface area contributed by atoms with Crippen LogP contribution in [-0.4, -0.2) is 33.4 Å². The Morgan fingerprint density at radius 1 is 1.29 bits per heavy atom. The first-order valence-electron chi connectivity index (χ1n) is 7.49. The van der Waals surface area contributed by atoms with Gasteiger partial charge >= 0.3 is 0 Å². The van der Waals surface area contributed by atoms with Crippen LogP contribution in [0.4, 0.5) is 0 Å². The summed E-state index contributed by atoms with van der Waals surface area (Å²) >= 11 is 0. The third kappa shape index (κ3) is 3.69. The number of carbonyl (C=O) groups is 1. The van der Waals surface area contributed by atoms with Gasteiger partial charge in [-0.1, -0.05) is 25.7 Å². The molecule has 0 unspecified atom stereocenters. The smallest absolute Gasteiger partial charge is 0.277 e. The highest BCUT2D eigenvalue weighted by molar-refractivity contribution is 5.95. The fraction of sp³-hybridized carbons (Fsp3) is 0.667. The van der Waals surface area contributed by atoms with E-state index in [9.17, 15) is 14.7 Å². The Morgan fingerprint density at radius 3 is 2.52 bits per heavy atom. The minimum atomic E-state index is -0.852. The van der Waals surface area contributed by atoms with Crippen LogP contribution in [-0.2, 0) is 0 Å². The van der Waals surface area contributed by atoms with Gasteiger partial charge in [0.2, 0.25) is 0 Å². The third-order valence-corrected chi connectivity index (χ3v) is 4.31. The topological polar surface area (TPSA) is 95.1 Å². The summed E-state index contributed by atoms with van der Waals surface area (Å²) in [5.41, 5.74) is -0.0743. The number of nitrogens with one attached hydrogen (secondary N) is 2. The van der Waals surface area contributed by atoms with Gasteiger partial charge in [-0.15, -0.1) is 0 Å². The van der Waals surface area contributed by atoms with Crippen molar-refractivity contribution in [2.24, 2.45) is 0 Å². The highest BCUT2D eigenvalue weighted by Gasteiger charge is 2.29. The Labute approximate surface area is 124 Å². The number of aromatic nitrogens is 2. The Bertz CT molecular complexity index is 572. The highest BCUT2D eigenvalue weighted by Crippen LogP contribution is 2.26. The molecule has 1 aliphatic rings. The number of hydrogen-bond acceptors (Lipinski definition) is 4. The maximum Gasteiger partial charge on any atom is 0.277 e. The van der Waals surface area contributed by atoms with Crippen LogP contribution in [0.15, 0.2) is 4.79 Å². The van der Waals surface area contributed by atoms with Gasteiger partial charge in [0.05, 0.1) is 11.3 Å². The molecule has 1 aliphatic carbocycles. The molecular formula is C15H23N3O3. The van der Waals surface area contributed by atoms with Crippen molar-refractivity contribution in [3.63, 3.8) is 0 Å². The van der Waals surface area contributed by atoms with Gasteiger partial charge < -0.3 is 10.4 Å². The molecule has 116 valence electrons. The fourth-order valence-corrected chi connectivity index (χ4v) is 2.80. The maximum atomic E-state index is 12.2. The molecule has 0 aliphatic heterocycles. The average molecular weight is 293 g/mol. The van der Waals surface area contributed by atoms with Gasteiger partial charge in [0.15, 0.2) is 0 Å². The molecule has 1 heterocycles. The molecule has 0 radical (unpaired) electrons. The minimum absolute atomic E-state index is 0.0831. The van der Waals surface area contributed by atoms with Gasteiger partial charge in [-0.3, -0.25) is 9.59 Å². The number of aryl methyl sites for hydroxylation is 1. The third-order valence-electron chi connectivity index (χ3n) is 4.31. The van der Waals surface area contributed by atoms with Gasteiger partial charge in [-0.25, -0.2) is 5.10 Å². The summed E-state index contributed by atoms with van der Waals surface area (Å²) in [5, 5.41) is 19.4. The predicted octanol–water partition coefficient (Wildman–Crippen LogP) is 1.20. The lowest BCUT2D eigenvalue weighted by Gasteiger charge is -2.26. The fourth-order valence-electron chi connectivity index (χ4n) is 2.80. The van der Waals surface area contributed by atoms with E-state index < -0.39 is 17.1 Å². The molecule has 21 heavy (non-hydrogen) atoms. The monoisotopic (exact) mass is 293 g/mol. The molecule has 6 heteroatoms. The van der Waals surface area contributed by atoms with Gasteiger partial charge in [-0.05, 0) is 32.3 Å². The van der Waals surface area contributed by atoms with Crippen molar-refractivity contribution in [2.45, 2.75) is 58.0 Å². The van der Waals surface area contributed by atoms with Gasteiger partial charge in [0.1, 0.15) is 5.56 Å². The SMILES string of the molecule is Cc1n[nH]c(=O)c(C(=O)NCC2(O)CCCCCC2)c1C. The number of hydrogen-bond donors (Lipinski definition) is 3. The van der Waals surface area contributed by atoms with Gasteiger partial charge in [0.25, 0.3) is 11.5 Å². The molecule has 0 bridgehead atoms. The number of amides is 1. The molecule has 0 saturated heterocycles.